The normalized spacial score (nSPS) is 14.4. The summed E-state index contributed by atoms with van der Waals surface area (Å²) in [7, 11) is -0.887. The topological polar surface area (TPSA) is 49.3 Å². The molecule has 2 unspecified atom stereocenters. The van der Waals surface area contributed by atoms with E-state index in [2.05, 4.69) is 5.32 Å². The van der Waals surface area contributed by atoms with Crippen molar-refractivity contribution < 1.29 is 18.1 Å². The molecule has 6 heteroatoms. The van der Waals surface area contributed by atoms with E-state index in [0.29, 0.717) is 18.1 Å². The first-order chi connectivity index (χ1) is 8.56. The third kappa shape index (κ3) is 4.44. The molecule has 2 N–H and O–H groups in total. The van der Waals surface area contributed by atoms with E-state index in [1.165, 1.54) is 6.07 Å². The second-order valence-electron chi connectivity index (χ2n) is 3.79. The maximum atomic E-state index is 13.3. The lowest BCUT2D eigenvalue weighted by molar-refractivity contribution is 0.166. The van der Waals surface area contributed by atoms with Gasteiger partial charge in [0, 0.05) is 35.4 Å². The molecular weight excluding hydrogens is 260 g/mol. The summed E-state index contributed by atoms with van der Waals surface area (Å²) < 4.78 is 37.8. The first-order valence-electron chi connectivity index (χ1n) is 5.74. The minimum absolute atomic E-state index is 0.0266. The van der Waals surface area contributed by atoms with Crippen molar-refractivity contribution in [3.8, 4) is 0 Å². The molecule has 2 atom stereocenters. The number of benzene rings is 1. The van der Waals surface area contributed by atoms with Gasteiger partial charge in [0.1, 0.15) is 11.6 Å². The van der Waals surface area contributed by atoms with Gasteiger partial charge in [0.15, 0.2) is 0 Å². The second-order valence-corrected chi connectivity index (χ2v) is 5.65. The zero-order valence-corrected chi connectivity index (χ0v) is 11.0. The number of aliphatic hydroxyl groups is 1. The van der Waals surface area contributed by atoms with Gasteiger partial charge in [-0.3, -0.25) is 4.21 Å². The van der Waals surface area contributed by atoms with Crippen LogP contribution < -0.4 is 5.32 Å². The molecular formula is C12H17F2NO2S. The zero-order chi connectivity index (χ0) is 13.5. The van der Waals surface area contributed by atoms with Gasteiger partial charge in [-0.25, -0.2) is 8.78 Å². The molecule has 1 rings (SSSR count). The standard InChI is InChI=1S/C12H17F2NO2S/c1-2-18(17)7-6-15-8-11(16)12-9(13)4-3-5-10(12)14/h3-5,11,15-16H,2,6-8H2,1H3. The summed E-state index contributed by atoms with van der Waals surface area (Å²) in [5, 5.41) is 12.5. The molecule has 0 fully saturated rings. The Balaban J connectivity index is 2.46. The Bertz CT molecular complexity index is 395. The molecule has 0 aliphatic heterocycles. The summed E-state index contributed by atoms with van der Waals surface area (Å²) in [6.07, 6.45) is -1.25. The quantitative estimate of drug-likeness (QED) is 0.740. The van der Waals surface area contributed by atoms with Crippen molar-refractivity contribution in [2.24, 2.45) is 0 Å². The molecule has 18 heavy (non-hydrogen) atoms. The highest BCUT2D eigenvalue weighted by Crippen LogP contribution is 2.19. The summed E-state index contributed by atoms with van der Waals surface area (Å²) in [5.41, 5.74) is -0.332. The van der Waals surface area contributed by atoms with Crippen LogP contribution in [-0.2, 0) is 10.8 Å². The fourth-order valence-corrected chi connectivity index (χ4v) is 2.16. The monoisotopic (exact) mass is 277 g/mol. The number of halogens is 2. The molecule has 1 aromatic carbocycles. The van der Waals surface area contributed by atoms with Crippen molar-refractivity contribution in [1.29, 1.82) is 0 Å². The Hall–Kier alpha value is -0.850. The number of rotatable bonds is 7. The molecule has 102 valence electrons. The number of hydrogen-bond acceptors (Lipinski definition) is 3. The summed E-state index contributed by atoms with van der Waals surface area (Å²) in [5.74, 6) is -0.488. The van der Waals surface area contributed by atoms with Gasteiger partial charge in [-0.1, -0.05) is 13.0 Å². The molecule has 0 amide bonds. The fourth-order valence-electron chi connectivity index (χ4n) is 1.50. The van der Waals surface area contributed by atoms with Crippen LogP contribution in [0.4, 0.5) is 8.78 Å². The summed E-state index contributed by atoms with van der Waals surface area (Å²) >= 11 is 0. The third-order valence-corrected chi connectivity index (χ3v) is 3.80. The number of aliphatic hydroxyl groups excluding tert-OH is 1. The Labute approximate surface area is 108 Å². The van der Waals surface area contributed by atoms with Crippen molar-refractivity contribution in [1.82, 2.24) is 5.32 Å². The van der Waals surface area contributed by atoms with Gasteiger partial charge in [0.05, 0.1) is 11.7 Å². The van der Waals surface area contributed by atoms with E-state index in [4.69, 9.17) is 0 Å². The van der Waals surface area contributed by atoms with Crippen molar-refractivity contribution in [2.45, 2.75) is 13.0 Å². The van der Waals surface area contributed by atoms with Crippen molar-refractivity contribution >= 4 is 10.8 Å². The largest absolute Gasteiger partial charge is 0.387 e. The van der Waals surface area contributed by atoms with Gasteiger partial charge in [-0.15, -0.1) is 0 Å². The van der Waals surface area contributed by atoms with Gasteiger partial charge in [-0.2, -0.15) is 0 Å². The summed E-state index contributed by atoms with van der Waals surface area (Å²) in [6, 6.07) is 3.46. The second kappa shape index (κ2) is 7.56. The molecule has 1 aromatic rings. The van der Waals surface area contributed by atoms with Gasteiger partial charge < -0.3 is 10.4 Å². The number of hydrogen-bond donors (Lipinski definition) is 2. The van der Waals surface area contributed by atoms with E-state index in [0.717, 1.165) is 12.1 Å². The van der Waals surface area contributed by atoms with Gasteiger partial charge in [0.25, 0.3) is 0 Å². The van der Waals surface area contributed by atoms with Crippen LogP contribution in [0.2, 0.25) is 0 Å². The molecule has 0 spiro atoms. The summed E-state index contributed by atoms with van der Waals surface area (Å²) in [4.78, 5) is 0. The van der Waals surface area contributed by atoms with Crippen LogP contribution in [0.1, 0.15) is 18.6 Å². The molecule has 0 saturated heterocycles. The molecule has 0 bridgehead atoms. The fraction of sp³-hybridized carbons (Fsp3) is 0.500. The van der Waals surface area contributed by atoms with Crippen LogP contribution in [0.25, 0.3) is 0 Å². The smallest absolute Gasteiger partial charge is 0.131 e. The van der Waals surface area contributed by atoms with Crippen LogP contribution in [0.15, 0.2) is 18.2 Å². The maximum Gasteiger partial charge on any atom is 0.131 e. The van der Waals surface area contributed by atoms with Gasteiger partial charge in [0.2, 0.25) is 0 Å². The van der Waals surface area contributed by atoms with Crippen molar-refractivity contribution in [3.05, 3.63) is 35.4 Å². The lowest BCUT2D eigenvalue weighted by atomic mass is 10.1. The van der Waals surface area contributed by atoms with E-state index in [1.54, 1.807) is 0 Å². The highest BCUT2D eigenvalue weighted by Gasteiger charge is 2.17. The average Bonchev–Trinajstić information content (AvgIpc) is 2.34. The minimum atomic E-state index is -1.25. The predicted molar refractivity (Wildman–Crippen MR) is 67.7 cm³/mol. The lowest BCUT2D eigenvalue weighted by Crippen LogP contribution is -2.27. The molecule has 0 heterocycles. The van der Waals surface area contributed by atoms with Crippen LogP contribution in [-0.4, -0.2) is 33.9 Å². The Morgan fingerprint density at radius 2 is 2.00 bits per heavy atom. The molecule has 0 aromatic heterocycles. The van der Waals surface area contributed by atoms with E-state index in [9.17, 15) is 18.1 Å². The van der Waals surface area contributed by atoms with Crippen LogP contribution >= 0.6 is 0 Å². The van der Waals surface area contributed by atoms with Gasteiger partial charge in [-0.05, 0) is 12.1 Å². The first-order valence-corrected chi connectivity index (χ1v) is 7.22. The predicted octanol–water partition coefficient (Wildman–Crippen LogP) is 1.36. The van der Waals surface area contributed by atoms with Crippen molar-refractivity contribution in [2.75, 3.05) is 24.6 Å². The Kier molecular flexibility index (Phi) is 6.38. The molecule has 0 saturated carbocycles. The highest BCUT2D eigenvalue weighted by molar-refractivity contribution is 7.84. The Morgan fingerprint density at radius 1 is 1.39 bits per heavy atom. The Morgan fingerprint density at radius 3 is 2.56 bits per heavy atom. The van der Waals surface area contributed by atoms with E-state index in [1.807, 2.05) is 6.92 Å². The van der Waals surface area contributed by atoms with E-state index in [-0.39, 0.29) is 12.1 Å². The lowest BCUT2D eigenvalue weighted by Gasteiger charge is -2.13. The van der Waals surface area contributed by atoms with E-state index < -0.39 is 28.5 Å². The highest BCUT2D eigenvalue weighted by atomic mass is 32.2. The van der Waals surface area contributed by atoms with Crippen molar-refractivity contribution in [3.63, 3.8) is 0 Å². The van der Waals surface area contributed by atoms with Gasteiger partial charge >= 0.3 is 0 Å². The van der Waals surface area contributed by atoms with Crippen LogP contribution in [0.3, 0.4) is 0 Å². The van der Waals surface area contributed by atoms with Crippen LogP contribution in [0, 0.1) is 11.6 Å². The average molecular weight is 277 g/mol. The molecule has 0 aliphatic carbocycles. The third-order valence-electron chi connectivity index (χ3n) is 2.50. The summed E-state index contributed by atoms with van der Waals surface area (Å²) in [6.45, 7) is 2.28. The van der Waals surface area contributed by atoms with Crippen LogP contribution in [0.5, 0.6) is 0 Å². The first kappa shape index (κ1) is 15.2. The maximum absolute atomic E-state index is 13.3. The molecule has 0 radical (unpaired) electrons. The SMILES string of the molecule is CCS(=O)CCNCC(O)c1c(F)cccc1F. The number of nitrogens with one attached hydrogen (secondary N) is 1. The molecule has 3 nitrogen and oxygen atoms in total. The zero-order valence-electron chi connectivity index (χ0n) is 10.2. The minimum Gasteiger partial charge on any atom is -0.387 e. The van der Waals surface area contributed by atoms with E-state index >= 15 is 0 Å². The molecule has 0 aliphatic rings.